The molecule has 2 aromatic heterocycles. The van der Waals surface area contributed by atoms with Crippen LogP contribution in [-0.4, -0.2) is 36.2 Å². The summed E-state index contributed by atoms with van der Waals surface area (Å²) in [6, 6.07) is 11.2. The lowest BCUT2D eigenvalue weighted by Crippen LogP contribution is -2.20. The van der Waals surface area contributed by atoms with E-state index < -0.39 is 10.0 Å². The van der Waals surface area contributed by atoms with Crippen molar-refractivity contribution in [1.82, 2.24) is 14.7 Å². The van der Waals surface area contributed by atoms with Gasteiger partial charge in [0.2, 0.25) is 10.0 Å². The maximum atomic E-state index is 12.5. The molecule has 136 valence electrons. The maximum Gasteiger partial charge on any atom is 0.209 e. The summed E-state index contributed by atoms with van der Waals surface area (Å²) >= 11 is 2.69. The number of Topliss-reactive ketones (excluding diaryl/α,β-unsaturated/α-hetero) is 1. The first-order valence-electron chi connectivity index (χ1n) is 7.74. The highest BCUT2D eigenvalue weighted by molar-refractivity contribution is 8.00. The molecule has 0 radical (unpaired) electrons. The van der Waals surface area contributed by atoms with Gasteiger partial charge in [-0.2, -0.15) is 0 Å². The number of fused-ring (bicyclic) bond motifs is 1. The first-order chi connectivity index (χ1) is 12.3. The van der Waals surface area contributed by atoms with Gasteiger partial charge in [-0.25, -0.2) is 23.1 Å². The van der Waals surface area contributed by atoms with Gasteiger partial charge in [-0.15, -0.1) is 11.3 Å². The predicted molar refractivity (Wildman–Crippen MR) is 105 cm³/mol. The van der Waals surface area contributed by atoms with E-state index in [0.29, 0.717) is 10.7 Å². The Labute approximate surface area is 160 Å². The summed E-state index contributed by atoms with van der Waals surface area (Å²) in [5.41, 5.74) is 0.861. The number of carbonyl (C=O) groups is 1. The van der Waals surface area contributed by atoms with Crippen molar-refractivity contribution in [3.8, 4) is 0 Å². The van der Waals surface area contributed by atoms with Gasteiger partial charge in [0, 0.05) is 16.8 Å². The monoisotopic (exact) mass is 407 g/mol. The number of thioether (sulfide) groups is 1. The van der Waals surface area contributed by atoms with E-state index in [1.807, 2.05) is 31.2 Å². The number of rotatable bonds is 7. The molecule has 0 saturated heterocycles. The zero-order valence-electron chi connectivity index (χ0n) is 14.2. The van der Waals surface area contributed by atoms with E-state index in [2.05, 4.69) is 14.7 Å². The average Bonchev–Trinajstić information content (AvgIpc) is 3.06. The van der Waals surface area contributed by atoms with Crippen LogP contribution in [0.1, 0.15) is 20.4 Å². The number of hydrogen-bond donors (Lipinski definition) is 1. The van der Waals surface area contributed by atoms with Gasteiger partial charge in [0.15, 0.2) is 5.78 Å². The second kappa shape index (κ2) is 7.83. The van der Waals surface area contributed by atoms with Gasteiger partial charge in [-0.1, -0.05) is 30.0 Å². The number of hydrogen-bond acceptors (Lipinski definition) is 7. The number of benzene rings is 1. The van der Waals surface area contributed by atoms with Gasteiger partial charge >= 0.3 is 0 Å². The number of carbonyl (C=O) groups excluding carboxylic acids is 1. The summed E-state index contributed by atoms with van der Waals surface area (Å²) in [6.45, 7) is 2.03. The number of sulfonamides is 1. The fourth-order valence-corrected chi connectivity index (χ4v) is 4.73. The molecule has 1 N–H and O–H groups in total. The Hall–Kier alpha value is -1.81. The minimum atomic E-state index is -3.25. The molecule has 0 saturated carbocycles. The second-order valence-corrected chi connectivity index (χ2v) is 9.63. The number of aromatic nitrogens is 2. The molecule has 0 unspecified atom stereocenters. The zero-order valence-corrected chi connectivity index (χ0v) is 16.7. The summed E-state index contributed by atoms with van der Waals surface area (Å²) in [4.78, 5) is 22.7. The Kier molecular flexibility index (Phi) is 5.71. The van der Waals surface area contributed by atoms with E-state index in [9.17, 15) is 13.2 Å². The van der Waals surface area contributed by atoms with Crippen LogP contribution >= 0.6 is 23.1 Å². The highest BCUT2D eigenvalue weighted by Gasteiger charge is 2.13. The van der Waals surface area contributed by atoms with Crippen molar-refractivity contribution >= 4 is 49.8 Å². The van der Waals surface area contributed by atoms with Gasteiger partial charge < -0.3 is 0 Å². The van der Waals surface area contributed by atoms with Gasteiger partial charge in [-0.3, -0.25) is 4.79 Å². The van der Waals surface area contributed by atoms with E-state index in [1.54, 1.807) is 12.1 Å². The lowest BCUT2D eigenvalue weighted by molar-refractivity contribution is 0.102. The Morgan fingerprint density at radius 2 is 1.96 bits per heavy atom. The van der Waals surface area contributed by atoms with Crippen LogP contribution in [0.4, 0.5) is 0 Å². The van der Waals surface area contributed by atoms with Crippen molar-refractivity contribution in [3.05, 3.63) is 52.0 Å². The molecular weight excluding hydrogens is 390 g/mol. The van der Waals surface area contributed by atoms with E-state index in [1.165, 1.54) is 23.1 Å². The largest absolute Gasteiger partial charge is 0.292 e. The van der Waals surface area contributed by atoms with Crippen molar-refractivity contribution in [2.24, 2.45) is 0 Å². The Bertz CT molecular complexity index is 1060. The van der Waals surface area contributed by atoms with Gasteiger partial charge in [0.1, 0.15) is 10.9 Å². The van der Waals surface area contributed by atoms with E-state index in [0.717, 1.165) is 27.1 Å². The Morgan fingerprint density at radius 3 is 2.73 bits per heavy atom. The number of para-hydroxylation sites is 1. The molecule has 9 heteroatoms. The third kappa shape index (κ3) is 4.88. The number of nitrogens with one attached hydrogen (secondary N) is 1. The van der Waals surface area contributed by atoms with Crippen molar-refractivity contribution in [2.75, 3.05) is 12.0 Å². The van der Waals surface area contributed by atoms with Gasteiger partial charge in [0.25, 0.3) is 0 Å². The molecule has 0 atom stereocenters. The van der Waals surface area contributed by atoms with Crippen LogP contribution in [0.25, 0.3) is 10.9 Å². The number of aryl methyl sites for hydroxylation is 1. The molecule has 26 heavy (non-hydrogen) atoms. The first-order valence-corrected chi connectivity index (χ1v) is 11.4. The second-order valence-electron chi connectivity index (χ2n) is 5.66. The molecule has 0 aliphatic rings. The van der Waals surface area contributed by atoms with E-state index in [-0.39, 0.29) is 18.1 Å². The van der Waals surface area contributed by atoms with Crippen LogP contribution < -0.4 is 4.72 Å². The third-order valence-electron chi connectivity index (χ3n) is 3.47. The molecule has 0 spiro atoms. The minimum absolute atomic E-state index is 0.00838. The van der Waals surface area contributed by atoms with Crippen LogP contribution in [0.2, 0.25) is 0 Å². The smallest absolute Gasteiger partial charge is 0.209 e. The average molecular weight is 408 g/mol. The standard InChI is InChI=1S/C17H17N3O3S3/c1-11-19-14-6-4-3-5-13(14)17(20-11)24-10-15(21)16-8-7-12(25-16)9-18-26(2,22)23/h3-8,18H,9-10H2,1-2H3. The van der Waals surface area contributed by atoms with Crippen LogP contribution in [0.3, 0.4) is 0 Å². The summed E-state index contributed by atoms with van der Waals surface area (Å²) in [6.07, 6.45) is 1.11. The topological polar surface area (TPSA) is 89.0 Å². The van der Waals surface area contributed by atoms with E-state index >= 15 is 0 Å². The number of ketones is 1. The molecule has 1 aromatic carbocycles. The van der Waals surface area contributed by atoms with Crippen molar-refractivity contribution < 1.29 is 13.2 Å². The molecule has 2 heterocycles. The minimum Gasteiger partial charge on any atom is -0.292 e. The molecule has 0 amide bonds. The number of thiophene rings is 1. The number of nitrogens with zero attached hydrogens (tertiary/aromatic N) is 2. The Balaban J connectivity index is 1.69. The van der Waals surface area contributed by atoms with Crippen LogP contribution in [-0.2, 0) is 16.6 Å². The fourth-order valence-electron chi connectivity index (χ4n) is 2.30. The van der Waals surface area contributed by atoms with Crippen LogP contribution in [0.15, 0.2) is 41.4 Å². The Morgan fingerprint density at radius 1 is 1.19 bits per heavy atom. The van der Waals surface area contributed by atoms with Crippen LogP contribution in [0, 0.1) is 6.92 Å². The zero-order chi connectivity index (χ0) is 18.7. The lowest BCUT2D eigenvalue weighted by atomic mass is 10.2. The molecule has 6 nitrogen and oxygen atoms in total. The molecule has 3 rings (SSSR count). The van der Waals surface area contributed by atoms with Gasteiger partial charge in [0.05, 0.1) is 22.4 Å². The highest BCUT2D eigenvalue weighted by Crippen LogP contribution is 2.27. The van der Waals surface area contributed by atoms with Crippen molar-refractivity contribution in [3.63, 3.8) is 0 Å². The predicted octanol–water partition coefficient (Wildman–Crippen LogP) is 3.02. The summed E-state index contributed by atoms with van der Waals surface area (Å²) in [7, 11) is -3.25. The molecule has 0 bridgehead atoms. The summed E-state index contributed by atoms with van der Waals surface area (Å²) in [5, 5.41) is 1.72. The fraction of sp³-hybridized carbons (Fsp3) is 0.235. The molecule has 0 aliphatic carbocycles. The van der Waals surface area contributed by atoms with E-state index in [4.69, 9.17) is 0 Å². The summed E-state index contributed by atoms with van der Waals surface area (Å²) < 4.78 is 24.7. The quantitative estimate of drug-likeness (QED) is 0.368. The normalized spacial score (nSPS) is 11.8. The molecule has 0 fully saturated rings. The van der Waals surface area contributed by atoms with Crippen LogP contribution in [0.5, 0.6) is 0 Å². The molecule has 0 aliphatic heterocycles. The maximum absolute atomic E-state index is 12.5. The highest BCUT2D eigenvalue weighted by atomic mass is 32.2. The third-order valence-corrected chi connectivity index (χ3v) is 6.25. The van der Waals surface area contributed by atoms with Crippen molar-refractivity contribution in [2.45, 2.75) is 18.5 Å². The molecule has 3 aromatic rings. The first kappa shape index (κ1) is 19.0. The lowest BCUT2D eigenvalue weighted by Gasteiger charge is -2.05. The van der Waals surface area contributed by atoms with Crippen molar-refractivity contribution in [1.29, 1.82) is 0 Å². The van der Waals surface area contributed by atoms with Gasteiger partial charge in [-0.05, 0) is 25.1 Å². The molecular formula is C17H17N3O3S3. The summed E-state index contributed by atoms with van der Waals surface area (Å²) in [5.74, 6) is 0.926. The SMILES string of the molecule is Cc1nc(SCC(=O)c2ccc(CNS(C)(=O)=O)s2)c2ccccc2n1.